The number of aryl methyl sites for hydroxylation is 1. The molecule has 2 aromatic rings. The molecule has 0 aliphatic rings. The Morgan fingerprint density at radius 3 is 2.62 bits per heavy atom. The summed E-state index contributed by atoms with van der Waals surface area (Å²) in [6.45, 7) is 1.69. The zero-order chi connectivity index (χ0) is 11.5. The molecule has 0 spiro atoms. The third kappa shape index (κ3) is 1.71. The number of hydrogen-bond donors (Lipinski definition) is 1. The molecule has 1 heterocycles. The summed E-state index contributed by atoms with van der Waals surface area (Å²) in [6, 6.07) is 11.3. The summed E-state index contributed by atoms with van der Waals surface area (Å²) in [5, 5.41) is 9.04. The van der Waals surface area contributed by atoms with E-state index in [2.05, 4.69) is 16.0 Å². The van der Waals surface area contributed by atoms with E-state index in [0.29, 0.717) is 17.0 Å². The normalized spacial score (nSPS) is 9.75. The summed E-state index contributed by atoms with van der Waals surface area (Å²) < 4.78 is 0. The van der Waals surface area contributed by atoms with Crippen molar-refractivity contribution in [3.05, 3.63) is 52.1 Å². The fraction of sp³-hybridized carbons (Fsp3) is 0.0833. The second kappa shape index (κ2) is 3.99. The highest BCUT2D eigenvalue weighted by Gasteiger charge is 2.10. The van der Waals surface area contributed by atoms with Crippen molar-refractivity contribution >= 4 is 0 Å². The van der Waals surface area contributed by atoms with Gasteiger partial charge < -0.3 is 4.98 Å². The predicted molar refractivity (Wildman–Crippen MR) is 59.7 cm³/mol. The Morgan fingerprint density at radius 2 is 2.00 bits per heavy atom. The quantitative estimate of drug-likeness (QED) is 0.779. The van der Waals surface area contributed by atoms with Gasteiger partial charge in [-0.2, -0.15) is 10.2 Å². The van der Waals surface area contributed by atoms with Gasteiger partial charge in [0.2, 0.25) is 0 Å². The van der Waals surface area contributed by atoms with E-state index in [4.69, 9.17) is 5.26 Å². The summed E-state index contributed by atoms with van der Waals surface area (Å²) in [5.74, 6) is 0. The van der Waals surface area contributed by atoms with E-state index < -0.39 is 5.69 Å². The Bertz CT molecular complexity index is 608. The van der Waals surface area contributed by atoms with Gasteiger partial charge in [0.25, 0.3) is 0 Å². The molecule has 78 valence electrons. The van der Waals surface area contributed by atoms with Crippen molar-refractivity contribution in [3.8, 4) is 17.3 Å². The van der Waals surface area contributed by atoms with Crippen molar-refractivity contribution < 1.29 is 0 Å². The third-order valence-corrected chi connectivity index (χ3v) is 2.28. The average Bonchev–Trinajstić information content (AvgIpc) is 2.29. The van der Waals surface area contributed by atoms with Crippen molar-refractivity contribution in [2.75, 3.05) is 0 Å². The van der Waals surface area contributed by atoms with Crippen LogP contribution in [0.25, 0.3) is 11.3 Å². The Kier molecular flexibility index (Phi) is 2.52. The maximum atomic E-state index is 11.3. The third-order valence-electron chi connectivity index (χ3n) is 2.28. The van der Waals surface area contributed by atoms with Crippen LogP contribution in [0, 0.1) is 18.3 Å². The number of rotatable bonds is 1. The zero-order valence-corrected chi connectivity index (χ0v) is 8.69. The second-order valence-corrected chi connectivity index (χ2v) is 3.37. The molecule has 0 saturated carbocycles. The molecule has 0 amide bonds. The lowest BCUT2D eigenvalue weighted by molar-refractivity contribution is 1.02. The van der Waals surface area contributed by atoms with Crippen molar-refractivity contribution in [2.45, 2.75) is 6.92 Å². The van der Waals surface area contributed by atoms with Gasteiger partial charge in [-0.15, -0.1) is 0 Å². The molecular weight excluding hydrogens is 202 g/mol. The van der Waals surface area contributed by atoms with Crippen LogP contribution in [0.1, 0.15) is 11.3 Å². The van der Waals surface area contributed by atoms with Crippen LogP contribution in [0.4, 0.5) is 0 Å². The lowest BCUT2D eigenvalue weighted by Crippen LogP contribution is -2.14. The van der Waals surface area contributed by atoms with E-state index in [9.17, 15) is 4.79 Å². The van der Waals surface area contributed by atoms with Crippen LogP contribution in [-0.2, 0) is 0 Å². The molecule has 1 aromatic carbocycles. The minimum atomic E-state index is -0.435. The maximum absolute atomic E-state index is 11.3. The summed E-state index contributed by atoms with van der Waals surface area (Å²) in [6.07, 6.45) is 0. The van der Waals surface area contributed by atoms with Crippen LogP contribution in [0.5, 0.6) is 0 Å². The van der Waals surface area contributed by atoms with E-state index in [1.165, 1.54) is 0 Å². The number of aromatic amines is 1. The van der Waals surface area contributed by atoms with Gasteiger partial charge in [-0.1, -0.05) is 30.3 Å². The molecule has 0 aliphatic carbocycles. The highest BCUT2D eigenvalue weighted by molar-refractivity contribution is 5.66. The summed E-state index contributed by atoms with van der Waals surface area (Å²) in [4.78, 5) is 17.6. The highest BCUT2D eigenvalue weighted by Crippen LogP contribution is 2.20. The number of H-pyrrole nitrogens is 1. The van der Waals surface area contributed by atoms with Crippen LogP contribution >= 0.6 is 0 Å². The lowest BCUT2D eigenvalue weighted by atomic mass is 10.1. The topological polar surface area (TPSA) is 69.5 Å². The molecule has 0 fully saturated rings. The number of nitrogens with zero attached hydrogens (tertiary/aromatic N) is 2. The number of nitrogens with one attached hydrogen (secondary N) is 1. The predicted octanol–water partition coefficient (Wildman–Crippen LogP) is 1.62. The van der Waals surface area contributed by atoms with Gasteiger partial charge in [-0.3, -0.25) is 0 Å². The van der Waals surface area contributed by atoms with Crippen molar-refractivity contribution in [3.63, 3.8) is 0 Å². The van der Waals surface area contributed by atoms with Crippen molar-refractivity contribution in [1.29, 1.82) is 5.26 Å². The monoisotopic (exact) mass is 211 g/mol. The SMILES string of the molecule is Cc1[nH]c(=O)nc(-c2ccccc2)c1C#N. The molecule has 1 N–H and O–H groups in total. The Morgan fingerprint density at radius 1 is 1.31 bits per heavy atom. The minimum absolute atomic E-state index is 0.408. The molecule has 0 saturated heterocycles. The fourth-order valence-corrected chi connectivity index (χ4v) is 1.53. The van der Waals surface area contributed by atoms with Gasteiger partial charge in [0, 0.05) is 11.3 Å². The van der Waals surface area contributed by atoms with Gasteiger partial charge in [-0.05, 0) is 6.92 Å². The van der Waals surface area contributed by atoms with Gasteiger partial charge in [0.15, 0.2) is 0 Å². The number of hydrogen-bond acceptors (Lipinski definition) is 3. The van der Waals surface area contributed by atoms with Crippen LogP contribution in [0.3, 0.4) is 0 Å². The maximum Gasteiger partial charge on any atom is 0.345 e. The second-order valence-electron chi connectivity index (χ2n) is 3.37. The van der Waals surface area contributed by atoms with E-state index in [0.717, 1.165) is 5.56 Å². The Labute approximate surface area is 92.2 Å². The first kappa shape index (κ1) is 10.1. The number of aromatic nitrogens is 2. The summed E-state index contributed by atoms with van der Waals surface area (Å²) >= 11 is 0. The van der Waals surface area contributed by atoms with Crippen LogP contribution in [0.15, 0.2) is 35.1 Å². The Balaban J connectivity index is 2.75. The average molecular weight is 211 g/mol. The minimum Gasteiger partial charge on any atom is -0.309 e. The first-order valence-electron chi connectivity index (χ1n) is 4.79. The van der Waals surface area contributed by atoms with E-state index in [1.807, 2.05) is 30.3 Å². The Hall–Kier alpha value is -2.41. The fourth-order valence-electron chi connectivity index (χ4n) is 1.53. The highest BCUT2D eigenvalue weighted by atomic mass is 16.1. The molecule has 16 heavy (non-hydrogen) atoms. The molecule has 4 nitrogen and oxygen atoms in total. The molecule has 0 radical (unpaired) electrons. The number of nitriles is 1. The molecule has 1 aromatic heterocycles. The van der Waals surface area contributed by atoms with Crippen LogP contribution in [0.2, 0.25) is 0 Å². The van der Waals surface area contributed by atoms with Crippen molar-refractivity contribution in [2.24, 2.45) is 0 Å². The molecule has 4 heteroatoms. The molecule has 2 rings (SSSR count). The van der Waals surface area contributed by atoms with E-state index >= 15 is 0 Å². The largest absolute Gasteiger partial charge is 0.345 e. The molecular formula is C12H9N3O. The van der Waals surface area contributed by atoms with Gasteiger partial charge >= 0.3 is 5.69 Å². The summed E-state index contributed by atoms with van der Waals surface area (Å²) in [5.41, 5.74) is 1.72. The molecule has 0 atom stereocenters. The molecule has 0 aliphatic heterocycles. The van der Waals surface area contributed by atoms with Gasteiger partial charge in [-0.25, -0.2) is 4.79 Å². The van der Waals surface area contributed by atoms with Crippen molar-refractivity contribution in [1.82, 2.24) is 9.97 Å². The zero-order valence-electron chi connectivity index (χ0n) is 8.69. The van der Waals surface area contributed by atoms with E-state index in [-0.39, 0.29) is 0 Å². The molecule has 0 unspecified atom stereocenters. The van der Waals surface area contributed by atoms with Gasteiger partial charge in [0.05, 0.1) is 11.3 Å². The first-order valence-corrected chi connectivity index (χ1v) is 4.79. The smallest absolute Gasteiger partial charge is 0.309 e. The first-order chi connectivity index (χ1) is 7.72. The van der Waals surface area contributed by atoms with E-state index in [1.54, 1.807) is 6.92 Å². The standard InChI is InChI=1S/C12H9N3O/c1-8-10(7-13)11(15-12(16)14-8)9-5-3-2-4-6-9/h2-6H,1H3,(H,14,15,16). The van der Waals surface area contributed by atoms with Gasteiger partial charge in [0.1, 0.15) is 6.07 Å². The lowest BCUT2D eigenvalue weighted by Gasteiger charge is -2.04. The summed E-state index contributed by atoms with van der Waals surface area (Å²) in [7, 11) is 0. The number of benzene rings is 1. The van der Waals surface area contributed by atoms with Crippen LogP contribution < -0.4 is 5.69 Å². The van der Waals surface area contributed by atoms with Crippen LogP contribution in [-0.4, -0.2) is 9.97 Å². The molecule has 0 bridgehead atoms.